The molecule has 5 heteroatoms. The van der Waals surface area contributed by atoms with Gasteiger partial charge in [0.05, 0.1) is 0 Å². The van der Waals surface area contributed by atoms with Crippen molar-refractivity contribution in [1.29, 1.82) is 0 Å². The van der Waals surface area contributed by atoms with E-state index >= 15 is 0 Å². The standard InChI is InChI=1S/C12H20N4S/c1-8-5-3-4-6-9(8)14-11-7-10(13)15-12(16-11)17-2/h7-9H,3-6H2,1-2H3,(H3,13,14,15,16). The summed E-state index contributed by atoms with van der Waals surface area (Å²) < 4.78 is 0. The van der Waals surface area contributed by atoms with Crippen molar-refractivity contribution in [3.05, 3.63) is 6.07 Å². The smallest absolute Gasteiger partial charge is 0.191 e. The van der Waals surface area contributed by atoms with Crippen LogP contribution in [0.4, 0.5) is 11.6 Å². The molecule has 0 aromatic carbocycles. The monoisotopic (exact) mass is 252 g/mol. The lowest BCUT2D eigenvalue weighted by Crippen LogP contribution is -2.30. The van der Waals surface area contributed by atoms with E-state index in [-0.39, 0.29) is 0 Å². The SMILES string of the molecule is CSc1nc(N)cc(NC2CCCCC2C)n1. The van der Waals surface area contributed by atoms with Gasteiger partial charge in [0.2, 0.25) is 0 Å². The molecule has 94 valence electrons. The summed E-state index contributed by atoms with van der Waals surface area (Å²) in [7, 11) is 0. The van der Waals surface area contributed by atoms with E-state index in [4.69, 9.17) is 5.73 Å². The molecular weight excluding hydrogens is 232 g/mol. The number of nitrogen functional groups attached to an aromatic ring is 1. The molecular formula is C12H20N4S. The molecule has 2 unspecified atom stereocenters. The second-order valence-electron chi connectivity index (χ2n) is 4.68. The third-order valence-corrected chi connectivity index (χ3v) is 3.90. The zero-order valence-corrected chi connectivity index (χ0v) is 11.3. The summed E-state index contributed by atoms with van der Waals surface area (Å²) in [5, 5.41) is 4.23. The first kappa shape index (κ1) is 12.5. The maximum atomic E-state index is 5.77. The molecule has 1 aromatic rings. The van der Waals surface area contributed by atoms with E-state index in [1.165, 1.54) is 37.4 Å². The van der Waals surface area contributed by atoms with Gasteiger partial charge in [-0.25, -0.2) is 9.97 Å². The quantitative estimate of drug-likeness (QED) is 0.639. The Kier molecular flexibility index (Phi) is 4.10. The number of rotatable bonds is 3. The summed E-state index contributed by atoms with van der Waals surface area (Å²) in [6.45, 7) is 2.30. The van der Waals surface area contributed by atoms with Crippen LogP contribution in [-0.4, -0.2) is 22.3 Å². The maximum Gasteiger partial charge on any atom is 0.191 e. The van der Waals surface area contributed by atoms with Crippen LogP contribution in [-0.2, 0) is 0 Å². The second-order valence-corrected chi connectivity index (χ2v) is 5.45. The molecule has 0 aliphatic heterocycles. The Bertz CT molecular complexity index is 383. The van der Waals surface area contributed by atoms with Crippen LogP contribution in [0.2, 0.25) is 0 Å². The Hall–Kier alpha value is -0.970. The molecule has 1 aliphatic rings. The highest BCUT2D eigenvalue weighted by Crippen LogP contribution is 2.27. The van der Waals surface area contributed by atoms with E-state index < -0.39 is 0 Å². The molecule has 0 radical (unpaired) electrons. The van der Waals surface area contributed by atoms with Crippen molar-refractivity contribution in [3.63, 3.8) is 0 Å². The maximum absolute atomic E-state index is 5.77. The van der Waals surface area contributed by atoms with Crippen LogP contribution in [0, 0.1) is 5.92 Å². The van der Waals surface area contributed by atoms with Gasteiger partial charge in [0.15, 0.2) is 5.16 Å². The minimum absolute atomic E-state index is 0.521. The topological polar surface area (TPSA) is 63.8 Å². The van der Waals surface area contributed by atoms with Crippen molar-refractivity contribution in [2.24, 2.45) is 5.92 Å². The molecule has 0 bridgehead atoms. The number of nitrogens with zero attached hydrogens (tertiary/aromatic N) is 2. The van der Waals surface area contributed by atoms with Gasteiger partial charge in [-0.05, 0) is 25.0 Å². The van der Waals surface area contributed by atoms with Crippen molar-refractivity contribution in [2.45, 2.75) is 43.8 Å². The zero-order valence-electron chi connectivity index (χ0n) is 10.4. The first-order valence-electron chi connectivity index (χ1n) is 6.14. The van der Waals surface area contributed by atoms with Crippen LogP contribution in [0.25, 0.3) is 0 Å². The number of anilines is 2. The molecule has 3 N–H and O–H groups in total. The molecule has 1 heterocycles. The molecule has 0 amide bonds. The fourth-order valence-corrected chi connectivity index (χ4v) is 2.72. The first-order valence-corrected chi connectivity index (χ1v) is 7.36. The van der Waals surface area contributed by atoms with Crippen LogP contribution in [0.5, 0.6) is 0 Å². The van der Waals surface area contributed by atoms with Crippen molar-refractivity contribution in [3.8, 4) is 0 Å². The zero-order chi connectivity index (χ0) is 12.3. The average Bonchev–Trinajstić information content (AvgIpc) is 2.31. The molecule has 2 rings (SSSR count). The fourth-order valence-electron chi connectivity index (χ4n) is 2.33. The van der Waals surface area contributed by atoms with Crippen LogP contribution in [0.3, 0.4) is 0 Å². The summed E-state index contributed by atoms with van der Waals surface area (Å²) >= 11 is 1.52. The Morgan fingerprint density at radius 2 is 2.12 bits per heavy atom. The Balaban J connectivity index is 2.09. The van der Waals surface area contributed by atoms with Gasteiger partial charge in [-0.3, -0.25) is 0 Å². The highest BCUT2D eigenvalue weighted by atomic mass is 32.2. The van der Waals surface area contributed by atoms with E-state index in [0.717, 1.165) is 11.0 Å². The third-order valence-electron chi connectivity index (χ3n) is 3.35. The predicted octanol–water partition coefficient (Wildman–Crippen LogP) is 2.77. The summed E-state index contributed by atoms with van der Waals surface area (Å²) in [5.41, 5.74) is 5.77. The van der Waals surface area contributed by atoms with Gasteiger partial charge in [-0.15, -0.1) is 0 Å². The molecule has 17 heavy (non-hydrogen) atoms. The molecule has 0 saturated heterocycles. The largest absolute Gasteiger partial charge is 0.383 e. The van der Waals surface area contributed by atoms with E-state index in [9.17, 15) is 0 Å². The van der Waals surface area contributed by atoms with Crippen LogP contribution in [0.1, 0.15) is 32.6 Å². The number of nitrogens with two attached hydrogens (primary N) is 1. The fraction of sp³-hybridized carbons (Fsp3) is 0.667. The number of aromatic nitrogens is 2. The second kappa shape index (κ2) is 5.58. The summed E-state index contributed by atoms with van der Waals surface area (Å²) in [5.74, 6) is 2.11. The molecule has 0 spiro atoms. The molecule has 1 saturated carbocycles. The van der Waals surface area contributed by atoms with Gasteiger partial charge < -0.3 is 11.1 Å². The Labute approximate surface area is 107 Å². The average molecular weight is 252 g/mol. The van der Waals surface area contributed by atoms with E-state index in [1.807, 2.05) is 12.3 Å². The van der Waals surface area contributed by atoms with Gasteiger partial charge in [0.1, 0.15) is 11.6 Å². The normalized spacial score (nSPS) is 24.6. The van der Waals surface area contributed by atoms with Crippen molar-refractivity contribution in [2.75, 3.05) is 17.3 Å². The third kappa shape index (κ3) is 3.25. The van der Waals surface area contributed by atoms with Crippen LogP contribution >= 0.6 is 11.8 Å². The molecule has 4 nitrogen and oxygen atoms in total. The predicted molar refractivity (Wildman–Crippen MR) is 73.3 cm³/mol. The van der Waals surface area contributed by atoms with Gasteiger partial charge in [0.25, 0.3) is 0 Å². The molecule has 2 atom stereocenters. The number of hydrogen-bond acceptors (Lipinski definition) is 5. The Morgan fingerprint density at radius 1 is 1.35 bits per heavy atom. The first-order chi connectivity index (χ1) is 8.19. The van der Waals surface area contributed by atoms with Crippen LogP contribution in [0.15, 0.2) is 11.2 Å². The molecule has 1 aromatic heterocycles. The summed E-state index contributed by atoms with van der Waals surface area (Å²) in [6.07, 6.45) is 7.13. The van der Waals surface area contributed by atoms with Crippen LogP contribution < -0.4 is 11.1 Å². The summed E-state index contributed by atoms with van der Waals surface area (Å²) in [4.78, 5) is 8.60. The summed E-state index contributed by atoms with van der Waals surface area (Å²) in [6, 6.07) is 2.34. The highest BCUT2D eigenvalue weighted by molar-refractivity contribution is 7.98. The minimum atomic E-state index is 0.521. The highest BCUT2D eigenvalue weighted by Gasteiger charge is 2.21. The lowest BCUT2D eigenvalue weighted by Gasteiger charge is -2.30. The molecule has 1 fully saturated rings. The van der Waals surface area contributed by atoms with Gasteiger partial charge >= 0.3 is 0 Å². The van der Waals surface area contributed by atoms with Crippen molar-refractivity contribution >= 4 is 23.4 Å². The minimum Gasteiger partial charge on any atom is -0.383 e. The van der Waals surface area contributed by atoms with Crippen molar-refractivity contribution in [1.82, 2.24) is 9.97 Å². The van der Waals surface area contributed by atoms with E-state index in [0.29, 0.717) is 17.8 Å². The number of thioether (sulfide) groups is 1. The lowest BCUT2D eigenvalue weighted by atomic mass is 9.86. The molecule has 1 aliphatic carbocycles. The van der Waals surface area contributed by atoms with E-state index in [1.54, 1.807) is 0 Å². The van der Waals surface area contributed by atoms with Crippen molar-refractivity contribution < 1.29 is 0 Å². The number of nitrogens with one attached hydrogen (secondary N) is 1. The van der Waals surface area contributed by atoms with Gasteiger partial charge in [0, 0.05) is 12.1 Å². The number of hydrogen-bond donors (Lipinski definition) is 2. The van der Waals surface area contributed by atoms with Gasteiger partial charge in [-0.1, -0.05) is 31.5 Å². The Morgan fingerprint density at radius 3 is 2.82 bits per heavy atom. The van der Waals surface area contributed by atoms with Gasteiger partial charge in [-0.2, -0.15) is 0 Å². The van der Waals surface area contributed by atoms with E-state index in [2.05, 4.69) is 22.2 Å². The lowest BCUT2D eigenvalue weighted by molar-refractivity contribution is 0.349.